The van der Waals surface area contributed by atoms with E-state index in [0.717, 1.165) is 56.8 Å². The Morgan fingerprint density at radius 3 is 1.70 bits per heavy atom. The molecule has 0 amide bonds. The topological polar surface area (TPSA) is 38.7 Å². The van der Waals surface area contributed by atoms with Gasteiger partial charge in [0.15, 0.2) is 0 Å². The molecule has 1 aliphatic rings. The van der Waals surface area contributed by atoms with E-state index in [4.69, 9.17) is 10.2 Å². The van der Waals surface area contributed by atoms with Crippen LogP contribution in [0.25, 0.3) is 109 Å². The van der Waals surface area contributed by atoms with Gasteiger partial charge in [-0.15, -0.1) is 0 Å². The number of benzene rings is 9. The van der Waals surface area contributed by atoms with Crippen LogP contribution in [0.3, 0.4) is 0 Å². The van der Waals surface area contributed by atoms with Gasteiger partial charge in [0.05, 0.1) is 0 Å². The SMILES string of the molecule is Cc1cc2c(c(-c3ccc4[se]c5ccccc5c4c3-c3ccccc3-c3nnnc(-c4ccccc4)c3-c3ccccc3-c3ccccc3-c3ccccc3)c1C)Cc1ccccc1-2. The van der Waals surface area contributed by atoms with Crippen molar-refractivity contribution in [2.24, 2.45) is 0 Å². The van der Waals surface area contributed by atoms with E-state index in [0.29, 0.717) is 0 Å². The normalized spacial score (nSPS) is 11.8. The van der Waals surface area contributed by atoms with Gasteiger partial charge in [-0.3, -0.25) is 0 Å². The van der Waals surface area contributed by atoms with Crippen molar-refractivity contribution in [2.45, 2.75) is 20.3 Å². The van der Waals surface area contributed by atoms with Gasteiger partial charge in [-0.2, -0.15) is 0 Å². The molecule has 4 heteroatoms. The predicted octanol–water partition coefficient (Wildman–Crippen LogP) is 15.1. The van der Waals surface area contributed by atoms with Gasteiger partial charge in [-0.05, 0) is 0 Å². The first kappa shape index (κ1) is 38.2. The van der Waals surface area contributed by atoms with Crippen molar-refractivity contribution in [3.8, 4) is 89.3 Å². The quantitative estimate of drug-likeness (QED) is 0.150. The van der Waals surface area contributed by atoms with E-state index in [9.17, 15) is 0 Å². The summed E-state index contributed by atoms with van der Waals surface area (Å²) in [4.78, 5) is 0. The number of rotatable bonds is 7. The molecule has 0 saturated carbocycles. The van der Waals surface area contributed by atoms with Gasteiger partial charge in [-0.25, -0.2) is 0 Å². The van der Waals surface area contributed by atoms with Crippen LogP contribution in [0, 0.1) is 13.8 Å². The van der Waals surface area contributed by atoms with E-state index in [1.807, 2.05) is 0 Å². The molecule has 0 fully saturated rings. The van der Waals surface area contributed by atoms with Crippen molar-refractivity contribution in [3.05, 3.63) is 222 Å². The second-order valence-corrected chi connectivity index (χ2v) is 19.0. The first-order chi connectivity index (χ1) is 31.6. The van der Waals surface area contributed by atoms with Crippen molar-refractivity contribution in [2.75, 3.05) is 0 Å². The summed E-state index contributed by atoms with van der Waals surface area (Å²) in [7, 11) is 0. The molecule has 0 atom stereocenters. The van der Waals surface area contributed by atoms with E-state index >= 15 is 0 Å². The fraction of sp³-hybridized carbons (Fsp3) is 0.0500. The Morgan fingerprint density at radius 1 is 0.391 bits per heavy atom. The average Bonchev–Trinajstić information content (AvgIpc) is 3.93. The van der Waals surface area contributed by atoms with Crippen LogP contribution in [-0.4, -0.2) is 29.9 Å². The van der Waals surface area contributed by atoms with Gasteiger partial charge < -0.3 is 0 Å². The van der Waals surface area contributed by atoms with Crippen molar-refractivity contribution in [3.63, 3.8) is 0 Å². The molecule has 2 heterocycles. The average molecular weight is 883 g/mol. The number of aromatic nitrogens is 3. The van der Waals surface area contributed by atoms with E-state index in [-0.39, 0.29) is 14.5 Å². The van der Waals surface area contributed by atoms with E-state index in [1.54, 1.807) is 0 Å². The Hall–Kier alpha value is -7.49. The van der Waals surface area contributed by atoms with Crippen LogP contribution in [0.2, 0.25) is 0 Å². The summed E-state index contributed by atoms with van der Waals surface area (Å²) in [5, 5.41) is 17.3. The van der Waals surface area contributed by atoms with Crippen LogP contribution in [0.4, 0.5) is 0 Å². The molecule has 0 spiro atoms. The fourth-order valence-electron chi connectivity index (χ4n) is 10.2. The van der Waals surface area contributed by atoms with Gasteiger partial charge in [0.1, 0.15) is 0 Å². The summed E-state index contributed by atoms with van der Waals surface area (Å²) >= 11 is 0.168. The maximum atomic E-state index is 5.11. The van der Waals surface area contributed by atoms with E-state index in [2.05, 4.69) is 219 Å². The second kappa shape index (κ2) is 15.7. The molecule has 0 bridgehead atoms. The summed E-state index contributed by atoms with van der Waals surface area (Å²) in [6.07, 6.45) is 0.905. The molecule has 2 aromatic heterocycles. The molecule has 0 aliphatic heterocycles. The summed E-state index contributed by atoms with van der Waals surface area (Å²) in [6, 6.07) is 72.7. The second-order valence-electron chi connectivity index (χ2n) is 16.7. The summed E-state index contributed by atoms with van der Waals surface area (Å²) < 4.78 is 2.82. The number of fused-ring (bicyclic) bond motifs is 6. The summed E-state index contributed by atoms with van der Waals surface area (Å²) in [5.41, 5.74) is 23.3. The van der Waals surface area contributed by atoms with E-state index < -0.39 is 0 Å². The van der Waals surface area contributed by atoms with Crippen LogP contribution >= 0.6 is 0 Å². The minimum absolute atomic E-state index is 0.168. The maximum absolute atomic E-state index is 5.11. The van der Waals surface area contributed by atoms with Crippen molar-refractivity contribution >= 4 is 33.8 Å². The van der Waals surface area contributed by atoms with Crippen LogP contribution < -0.4 is 0 Å². The van der Waals surface area contributed by atoms with Crippen LogP contribution in [0.1, 0.15) is 22.3 Å². The molecular formula is C60H41N3Se. The Bertz CT molecular complexity index is 3610. The third-order valence-electron chi connectivity index (χ3n) is 13.2. The molecule has 1 aliphatic carbocycles. The monoisotopic (exact) mass is 883 g/mol. The molecule has 12 rings (SSSR count). The predicted molar refractivity (Wildman–Crippen MR) is 268 cm³/mol. The van der Waals surface area contributed by atoms with Crippen molar-refractivity contribution < 1.29 is 0 Å². The number of aryl methyl sites for hydroxylation is 1. The first-order valence-electron chi connectivity index (χ1n) is 21.9. The molecule has 64 heavy (non-hydrogen) atoms. The molecule has 9 aromatic carbocycles. The van der Waals surface area contributed by atoms with Gasteiger partial charge in [-0.1, -0.05) is 36.4 Å². The molecule has 11 aromatic rings. The Kier molecular flexibility index (Phi) is 9.37. The number of nitrogens with zero attached hydrogens (tertiary/aromatic N) is 3. The third kappa shape index (κ3) is 6.21. The summed E-state index contributed by atoms with van der Waals surface area (Å²) in [5.74, 6) is 0. The van der Waals surface area contributed by atoms with Gasteiger partial charge in [0.2, 0.25) is 0 Å². The molecule has 0 unspecified atom stereocenters. The fourth-order valence-corrected chi connectivity index (χ4v) is 12.5. The van der Waals surface area contributed by atoms with Crippen molar-refractivity contribution in [1.29, 1.82) is 0 Å². The van der Waals surface area contributed by atoms with Crippen molar-refractivity contribution in [1.82, 2.24) is 15.4 Å². The summed E-state index contributed by atoms with van der Waals surface area (Å²) in [6.45, 7) is 4.59. The first-order valence-corrected chi connectivity index (χ1v) is 23.6. The Morgan fingerprint density at radius 2 is 0.953 bits per heavy atom. The van der Waals surface area contributed by atoms with Crippen LogP contribution in [0.5, 0.6) is 0 Å². The number of hydrogen-bond acceptors (Lipinski definition) is 3. The minimum atomic E-state index is 0.168. The zero-order chi connectivity index (χ0) is 42.7. The zero-order valence-corrected chi connectivity index (χ0v) is 37.2. The Labute approximate surface area is 379 Å². The molecule has 3 nitrogen and oxygen atoms in total. The number of hydrogen-bond donors (Lipinski definition) is 0. The third-order valence-corrected chi connectivity index (χ3v) is 15.6. The van der Waals surface area contributed by atoms with E-state index in [1.165, 1.54) is 80.5 Å². The van der Waals surface area contributed by atoms with Gasteiger partial charge in [0, 0.05) is 0 Å². The zero-order valence-electron chi connectivity index (χ0n) is 35.5. The molecule has 302 valence electrons. The van der Waals surface area contributed by atoms with Gasteiger partial charge in [0.25, 0.3) is 0 Å². The molecule has 0 saturated heterocycles. The molecule has 0 N–H and O–H groups in total. The molecular weight excluding hydrogens is 842 g/mol. The standard InChI is InChI=1S/C60H41N3Se/c1-37-35-51-43-25-10-9-23-41(43)36-52(51)55(38(37)2)50-33-34-54-57(49-31-17-18-32-53(49)64-54)56(50)47-29-15-16-30-48(47)60-58(59(61-63-62-60)40-21-7-4-8-22-40)46-28-14-13-27-45(46)44-26-12-11-24-42(44)39-19-5-3-6-20-39/h3-35H,36H2,1-2H3. The molecule has 0 radical (unpaired) electrons. The van der Waals surface area contributed by atoms with Gasteiger partial charge >= 0.3 is 345 Å². The Balaban J connectivity index is 1.18. The van der Waals surface area contributed by atoms with Crippen LogP contribution in [0.15, 0.2) is 200 Å². The van der Waals surface area contributed by atoms with Crippen LogP contribution in [-0.2, 0) is 6.42 Å².